The third-order valence-corrected chi connectivity index (χ3v) is 3.89. The molecule has 2 aromatic rings. The molecule has 0 unspecified atom stereocenters. The molecule has 0 spiro atoms. The van der Waals surface area contributed by atoms with E-state index in [9.17, 15) is 14.4 Å². The van der Waals surface area contributed by atoms with Gasteiger partial charge in [-0.1, -0.05) is 0 Å². The molecule has 0 saturated carbocycles. The zero-order valence-corrected chi connectivity index (χ0v) is 13.2. The van der Waals surface area contributed by atoms with E-state index < -0.39 is 11.8 Å². The van der Waals surface area contributed by atoms with Crippen molar-refractivity contribution in [1.29, 1.82) is 0 Å². The van der Waals surface area contributed by atoms with Crippen molar-refractivity contribution < 1.29 is 19.1 Å². The summed E-state index contributed by atoms with van der Waals surface area (Å²) in [5.74, 6) is -1.49. The lowest BCUT2D eigenvalue weighted by Gasteiger charge is -2.21. The molecule has 0 amide bonds. The number of aromatic nitrogens is 2. The molecule has 1 aliphatic carbocycles. The molecule has 23 heavy (non-hydrogen) atoms. The minimum Gasteiger partial charge on any atom is -0.465 e. The molecule has 0 N–H and O–H groups in total. The van der Waals surface area contributed by atoms with Crippen molar-refractivity contribution in [2.75, 3.05) is 7.11 Å². The van der Waals surface area contributed by atoms with Gasteiger partial charge in [-0.25, -0.2) is 4.79 Å². The van der Waals surface area contributed by atoms with Crippen molar-refractivity contribution in [3.8, 4) is 0 Å². The maximum Gasteiger partial charge on any atom is 0.340 e. The summed E-state index contributed by atoms with van der Waals surface area (Å²) >= 11 is 0. The Bertz CT molecular complexity index is 900. The summed E-state index contributed by atoms with van der Waals surface area (Å²) in [4.78, 5) is 46.1. The van der Waals surface area contributed by atoms with E-state index in [-0.39, 0.29) is 33.7 Å². The van der Waals surface area contributed by atoms with Crippen molar-refractivity contribution >= 4 is 17.5 Å². The summed E-state index contributed by atoms with van der Waals surface area (Å²) < 4.78 is 4.75. The molecule has 0 aliphatic heterocycles. The Morgan fingerprint density at radius 1 is 1.04 bits per heavy atom. The lowest BCUT2D eigenvalue weighted by Crippen LogP contribution is -2.28. The number of ketones is 2. The fourth-order valence-corrected chi connectivity index (χ4v) is 2.88. The van der Waals surface area contributed by atoms with Crippen LogP contribution in [0.25, 0.3) is 0 Å². The number of pyridine rings is 2. The standard InChI is InChI=1S/C17H14N2O4/c1-7-5-10-14(18-6-7)16(21)13-11(15(10)20)8(2)19-9(3)12(13)17(22)23-4/h5-6H,1-4H3. The lowest BCUT2D eigenvalue weighted by atomic mass is 9.83. The Hall–Kier alpha value is -2.89. The van der Waals surface area contributed by atoms with E-state index in [4.69, 9.17) is 4.74 Å². The summed E-state index contributed by atoms with van der Waals surface area (Å²) in [6, 6.07) is 1.63. The van der Waals surface area contributed by atoms with E-state index in [0.717, 1.165) is 5.56 Å². The van der Waals surface area contributed by atoms with Crippen LogP contribution in [0.4, 0.5) is 0 Å². The molecule has 1 aliphatic rings. The minimum atomic E-state index is -0.692. The molecule has 116 valence electrons. The quantitative estimate of drug-likeness (QED) is 0.639. The van der Waals surface area contributed by atoms with Crippen LogP contribution in [0.1, 0.15) is 59.3 Å². The molecule has 0 aromatic carbocycles. The summed E-state index contributed by atoms with van der Waals surface area (Å²) in [6.45, 7) is 5.04. The molecule has 0 saturated heterocycles. The zero-order chi connectivity index (χ0) is 16.9. The van der Waals surface area contributed by atoms with Crippen molar-refractivity contribution in [2.24, 2.45) is 0 Å². The number of esters is 1. The van der Waals surface area contributed by atoms with Crippen molar-refractivity contribution in [3.63, 3.8) is 0 Å². The van der Waals surface area contributed by atoms with Crippen molar-refractivity contribution in [1.82, 2.24) is 9.97 Å². The van der Waals surface area contributed by atoms with Gasteiger partial charge in [0.05, 0.1) is 35.1 Å². The van der Waals surface area contributed by atoms with Crippen LogP contribution in [0.5, 0.6) is 0 Å². The van der Waals surface area contributed by atoms with Gasteiger partial charge in [-0.05, 0) is 32.4 Å². The highest BCUT2D eigenvalue weighted by Crippen LogP contribution is 2.31. The third-order valence-electron chi connectivity index (χ3n) is 3.89. The average Bonchev–Trinajstić information content (AvgIpc) is 2.51. The minimum absolute atomic E-state index is 0.0273. The van der Waals surface area contributed by atoms with Crippen LogP contribution in [-0.4, -0.2) is 34.6 Å². The second-order valence-electron chi connectivity index (χ2n) is 5.47. The summed E-state index contributed by atoms with van der Waals surface area (Å²) in [7, 11) is 1.22. The van der Waals surface area contributed by atoms with Crippen LogP contribution in [-0.2, 0) is 4.74 Å². The molecule has 0 radical (unpaired) electrons. The Kier molecular flexibility index (Phi) is 3.32. The number of hydrogen-bond donors (Lipinski definition) is 0. The van der Waals surface area contributed by atoms with Gasteiger partial charge in [0.2, 0.25) is 5.78 Å². The highest BCUT2D eigenvalue weighted by atomic mass is 16.5. The molecular formula is C17H14N2O4. The molecule has 6 nitrogen and oxygen atoms in total. The topological polar surface area (TPSA) is 86.2 Å². The van der Waals surface area contributed by atoms with Gasteiger partial charge >= 0.3 is 5.97 Å². The summed E-state index contributed by atoms with van der Waals surface area (Å²) in [5, 5.41) is 0. The highest BCUT2D eigenvalue weighted by Gasteiger charge is 2.37. The van der Waals surface area contributed by atoms with Gasteiger partial charge in [0.15, 0.2) is 5.78 Å². The molecule has 3 rings (SSSR count). The maximum absolute atomic E-state index is 12.9. The van der Waals surface area contributed by atoms with Gasteiger partial charge in [-0.2, -0.15) is 0 Å². The number of aryl methyl sites for hydroxylation is 3. The van der Waals surface area contributed by atoms with Gasteiger partial charge in [0.25, 0.3) is 0 Å². The van der Waals surface area contributed by atoms with Crippen molar-refractivity contribution in [2.45, 2.75) is 20.8 Å². The molecule has 0 fully saturated rings. The largest absolute Gasteiger partial charge is 0.465 e. The predicted octanol–water partition coefficient (Wildman–Crippen LogP) is 1.96. The summed E-state index contributed by atoms with van der Waals surface area (Å²) in [5.41, 5.74) is 2.06. The number of carbonyl (C=O) groups is 3. The molecule has 2 heterocycles. The normalized spacial score (nSPS) is 12.7. The van der Waals surface area contributed by atoms with Gasteiger partial charge < -0.3 is 4.74 Å². The SMILES string of the molecule is COC(=O)c1c(C)nc(C)c2c1C(=O)c1ncc(C)cc1C2=O. The van der Waals surface area contributed by atoms with Crippen LogP contribution < -0.4 is 0 Å². The molecule has 2 aromatic heterocycles. The number of ether oxygens (including phenoxy) is 1. The Morgan fingerprint density at radius 2 is 1.74 bits per heavy atom. The second-order valence-corrected chi connectivity index (χ2v) is 5.47. The van der Waals surface area contributed by atoms with E-state index >= 15 is 0 Å². The number of methoxy groups -OCH3 is 1. The number of fused-ring (bicyclic) bond motifs is 2. The number of carbonyl (C=O) groups excluding carboxylic acids is 3. The number of rotatable bonds is 1. The smallest absolute Gasteiger partial charge is 0.340 e. The van der Waals surface area contributed by atoms with Gasteiger partial charge in [-0.3, -0.25) is 19.6 Å². The van der Waals surface area contributed by atoms with Gasteiger partial charge in [0, 0.05) is 11.9 Å². The summed E-state index contributed by atoms with van der Waals surface area (Å²) in [6.07, 6.45) is 1.52. The van der Waals surface area contributed by atoms with Gasteiger partial charge in [-0.15, -0.1) is 0 Å². The van der Waals surface area contributed by atoms with Crippen LogP contribution in [0.15, 0.2) is 12.3 Å². The monoisotopic (exact) mass is 310 g/mol. The Labute approximate surface area is 132 Å². The van der Waals surface area contributed by atoms with E-state index in [2.05, 4.69) is 9.97 Å². The second kappa shape index (κ2) is 5.08. The third kappa shape index (κ3) is 2.06. The molecular weight excluding hydrogens is 296 g/mol. The van der Waals surface area contributed by atoms with Crippen LogP contribution in [0.3, 0.4) is 0 Å². The van der Waals surface area contributed by atoms with Gasteiger partial charge in [0.1, 0.15) is 5.69 Å². The van der Waals surface area contributed by atoms with Crippen LogP contribution in [0.2, 0.25) is 0 Å². The first-order chi connectivity index (χ1) is 10.9. The first-order valence-electron chi connectivity index (χ1n) is 7.02. The highest BCUT2D eigenvalue weighted by molar-refractivity contribution is 6.30. The van der Waals surface area contributed by atoms with Crippen LogP contribution >= 0.6 is 0 Å². The van der Waals surface area contributed by atoms with E-state index in [0.29, 0.717) is 11.4 Å². The Balaban J connectivity index is 2.41. The average molecular weight is 310 g/mol. The van der Waals surface area contributed by atoms with E-state index in [1.807, 2.05) is 0 Å². The molecule has 0 bridgehead atoms. The van der Waals surface area contributed by atoms with Crippen LogP contribution in [0, 0.1) is 20.8 Å². The van der Waals surface area contributed by atoms with E-state index in [1.165, 1.54) is 13.3 Å². The first kappa shape index (κ1) is 15.0. The molecule has 6 heteroatoms. The fourth-order valence-electron chi connectivity index (χ4n) is 2.88. The Morgan fingerprint density at radius 3 is 2.39 bits per heavy atom. The molecule has 0 atom stereocenters. The van der Waals surface area contributed by atoms with E-state index in [1.54, 1.807) is 26.8 Å². The zero-order valence-electron chi connectivity index (χ0n) is 13.2. The lowest BCUT2D eigenvalue weighted by molar-refractivity contribution is 0.0596. The number of nitrogens with zero attached hydrogens (tertiary/aromatic N) is 2. The number of hydrogen-bond acceptors (Lipinski definition) is 6. The predicted molar refractivity (Wildman–Crippen MR) is 80.9 cm³/mol. The first-order valence-corrected chi connectivity index (χ1v) is 7.02. The maximum atomic E-state index is 12.9. The fraction of sp³-hybridized carbons (Fsp3) is 0.235. The van der Waals surface area contributed by atoms with Crippen molar-refractivity contribution in [3.05, 3.63) is 57.2 Å².